The molecule has 1 saturated heterocycles. The van der Waals surface area contributed by atoms with Gasteiger partial charge < -0.3 is 5.32 Å². The number of benzene rings is 1. The molecular formula is C18H29BrN2. The number of nitrogens with one attached hydrogen (secondary N) is 1. The number of rotatable bonds is 6. The minimum Gasteiger partial charge on any atom is -0.316 e. The molecule has 0 aromatic heterocycles. The van der Waals surface area contributed by atoms with Gasteiger partial charge in [-0.2, -0.15) is 0 Å². The molecule has 0 spiro atoms. The Morgan fingerprint density at radius 1 is 1.24 bits per heavy atom. The van der Waals surface area contributed by atoms with Gasteiger partial charge in [0.25, 0.3) is 0 Å². The lowest BCUT2D eigenvalue weighted by Gasteiger charge is -2.37. The van der Waals surface area contributed by atoms with Crippen LogP contribution < -0.4 is 5.32 Å². The Balaban J connectivity index is 1.94. The zero-order valence-electron chi connectivity index (χ0n) is 13.6. The van der Waals surface area contributed by atoms with Gasteiger partial charge in [0.1, 0.15) is 0 Å². The topological polar surface area (TPSA) is 15.3 Å². The van der Waals surface area contributed by atoms with E-state index in [0.29, 0.717) is 12.1 Å². The van der Waals surface area contributed by atoms with Gasteiger partial charge in [-0.15, -0.1) is 0 Å². The first-order valence-electron chi connectivity index (χ1n) is 8.27. The van der Waals surface area contributed by atoms with E-state index < -0.39 is 0 Å². The largest absolute Gasteiger partial charge is 0.316 e. The van der Waals surface area contributed by atoms with Crippen LogP contribution in [0.3, 0.4) is 0 Å². The molecule has 0 saturated carbocycles. The fourth-order valence-electron chi connectivity index (χ4n) is 3.36. The summed E-state index contributed by atoms with van der Waals surface area (Å²) < 4.78 is 1.16. The van der Waals surface area contributed by atoms with Gasteiger partial charge >= 0.3 is 0 Å². The number of piperidine rings is 1. The quantitative estimate of drug-likeness (QED) is 0.829. The Hall–Kier alpha value is -0.380. The van der Waals surface area contributed by atoms with Gasteiger partial charge in [0, 0.05) is 23.1 Å². The molecule has 1 aromatic carbocycles. The highest BCUT2D eigenvalue weighted by atomic mass is 79.9. The van der Waals surface area contributed by atoms with Crippen LogP contribution in [0.2, 0.25) is 0 Å². The van der Waals surface area contributed by atoms with Crippen LogP contribution in [0.15, 0.2) is 28.7 Å². The van der Waals surface area contributed by atoms with Crippen LogP contribution in [0.4, 0.5) is 0 Å². The summed E-state index contributed by atoms with van der Waals surface area (Å²) in [6, 6.07) is 9.97. The third-order valence-electron chi connectivity index (χ3n) is 4.54. The molecule has 2 nitrogen and oxygen atoms in total. The average molecular weight is 353 g/mol. The van der Waals surface area contributed by atoms with Crippen LogP contribution in [0, 0.1) is 5.92 Å². The van der Waals surface area contributed by atoms with E-state index in [4.69, 9.17) is 0 Å². The third-order valence-corrected chi connectivity index (χ3v) is 5.07. The van der Waals surface area contributed by atoms with Gasteiger partial charge in [-0.25, -0.2) is 0 Å². The zero-order chi connectivity index (χ0) is 15.2. The summed E-state index contributed by atoms with van der Waals surface area (Å²) in [6.45, 7) is 10.6. The van der Waals surface area contributed by atoms with E-state index in [1.165, 1.54) is 38.0 Å². The third kappa shape index (κ3) is 5.39. The van der Waals surface area contributed by atoms with E-state index in [1.54, 1.807) is 0 Å². The zero-order valence-corrected chi connectivity index (χ0v) is 15.2. The average Bonchev–Trinajstić information content (AvgIpc) is 2.48. The summed E-state index contributed by atoms with van der Waals surface area (Å²) in [7, 11) is 0. The minimum atomic E-state index is 0.591. The van der Waals surface area contributed by atoms with Crippen LogP contribution >= 0.6 is 15.9 Å². The van der Waals surface area contributed by atoms with E-state index in [9.17, 15) is 0 Å². The first-order chi connectivity index (χ1) is 10.1. The number of hydrogen-bond acceptors (Lipinski definition) is 2. The SMILES string of the molecule is CC(C)N(CC1CCCNC1)C(C)Cc1ccc(Br)cc1. The van der Waals surface area contributed by atoms with E-state index in [0.717, 1.165) is 16.8 Å². The predicted molar refractivity (Wildman–Crippen MR) is 94.7 cm³/mol. The predicted octanol–water partition coefficient (Wildman–Crippen LogP) is 4.09. The molecule has 21 heavy (non-hydrogen) atoms. The van der Waals surface area contributed by atoms with Gasteiger partial charge in [0.2, 0.25) is 0 Å². The monoisotopic (exact) mass is 352 g/mol. The molecule has 1 aromatic rings. The molecule has 1 aliphatic rings. The number of halogens is 1. The fraction of sp³-hybridized carbons (Fsp3) is 0.667. The molecule has 2 atom stereocenters. The van der Waals surface area contributed by atoms with Crippen molar-refractivity contribution in [3.8, 4) is 0 Å². The lowest BCUT2D eigenvalue weighted by atomic mass is 9.96. The fourth-order valence-corrected chi connectivity index (χ4v) is 3.62. The molecule has 3 heteroatoms. The molecule has 0 amide bonds. The standard InChI is InChI=1S/C18H29BrN2/c1-14(2)21(13-17-5-4-10-20-12-17)15(3)11-16-6-8-18(19)9-7-16/h6-9,14-15,17,20H,4-5,10-13H2,1-3H3. The summed E-state index contributed by atoms with van der Waals surface area (Å²) in [5.74, 6) is 0.813. The maximum absolute atomic E-state index is 3.54. The molecule has 1 N–H and O–H groups in total. The summed E-state index contributed by atoms with van der Waals surface area (Å²) in [5, 5.41) is 3.54. The first-order valence-corrected chi connectivity index (χ1v) is 9.06. The molecule has 1 heterocycles. The van der Waals surface area contributed by atoms with Crippen molar-refractivity contribution in [2.45, 2.75) is 52.1 Å². The Morgan fingerprint density at radius 3 is 2.52 bits per heavy atom. The van der Waals surface area contributed by atoms with Gasteiger partial charge in [0.05, 0.1) is 0 Å². The highest BCUT2D eigenvalue weighted by molar-refractivity contribution is 9.10. The van der Waals surface area contributed by atoms with Crippen molar-refractivity contribution in [2.24, 2.45) is 5.92 Å². The van der Waals surface area contributed by atoms with Gasteiger partial charge in [0.15, 0.2) is 0 Å². The van der Waals surface area contributed by atoms with Gasteiger partial charge in [-0.1, -0.05) is 28.1 Å². The van der Waals surface area contributed by atoms with Crippen molar-refractivity contribution < 1.29 is 0 Å². The lowest BCUT2D eigenvalue weighted by molar-refractivity contribution is 0.126. The van der Waals surface area contributed by atoms with Gasteiger partial charge in [-0.3, -0.25) is 4.90 Å². The van der Waals surface area contributed by atoms with E-state index >= 15 is 0 Å². The maximum Gasteiger partial charge on any atom is 0.0175 e. The maximum atomic E-state index is 3.54. The van der Waals surface area contributed by atoms with Crippen molar-refractivity contribution in [1.82, 2.24) is 10.2 Å². The summed E-state index contributed by atoms with van der Waals surface area (Å²) in [5.41, 5.74) is 1.43. The normalized spacial score (nSPS) is 21.0. The van der Waals surface area contributed by atoms with Crippen molar-refractivity contribution in [3.05, 3.63) is 34.3 Å². The van der Waals surface area contributed by atoms with E-state index in [1.807, 2.05) is 0 Å². The molecule has 1 aliphatic heterocycles. The molecule has 2 unspecified atom stereocenters. The van der Waals surface area contributed by atoms with E-state index in [-0.39, 0.29) is 0 Å². The molecule has 0 radical (unpaired) electrons. The Bertz CT molecular complexity index is 410. The van der Waals surface area contributed by atoms with Crippen LogP contribution in [0.25, 0.3) is 0 Å². The van der Waals surface area contributed by atoms with Crippen molar-refractivity contribution in [1.29, 1.82) is 0 Å². The lowest BCUT2D eigenvalue weighted by Crippen LogP contribution is -2.46. The summed E-state index contributed by atoms with van der Waals surface area (Å²) in [4.78, 5) is 2.68. The van der Waals surface area contributed by atoms with Crippen LogP contribution in [0.1, 0.15) is 39.2 Å². The molecule has 0 aliphatic carbocycles. The number of hydrogen-bond donors (Lipinski definition) is 1. The first kappa shape index (κ1) is 17.0. The molecule has 0 bridgehead atoms. The highest BCUT2D eigenvalue weighted by Gasteiger charge is 2.22. The Labute approximate surface area is 138 Å². The van der Waals surface area contributed by atoms with E-state index in [2.05, 4.69) is 71.2 Å². The van der Waals surface area contributed by atoms with Crippen LogP contribution in [0.5, 0.6) is 0 Å². The van der Waals surface area contributed by atoms with Crippen molar-refractivity contribution >= 4 is 15.9 Å². The van der Waals surface area contributed by atoms with Crippen molar-refractivity contribution in [2.75, 3.05) is 19.6 Å². The minimum absolute atomic E-state index is 0.591. The van der Waals surface area contributed by atoms with Crippen LogP contribution in [-0.4, -0.2) is 36.6 Å². The molecule has 118 valence electrons. The second-order valence-electron chi connectivity index (χ2n) is 6.68. The van der Waals surface area contributed by atoms with Crippen molar-refractivity contribution in [3.63, 3.8) is 0 Å². The van der Waals surface area contributed by atoms with Crippen LogP contribution in [-0.2, 0) is 6.42 Å². The molecular weight excluding hydrogens is 324 g/mol. The smallest absolute Gasteiger partial charge is 0.0175 e. The van der Waals surface area contributed by atoms with Gasteiger partial charge in [-0.05, 0) is 76.7 Å². The molecule has 2 rings (SSSR count). The highest BCUT2D eigenvalue weighted by Crippen LogP contribution is 2.19. The molecule has 1 fully saturated rings. The Morgan fingerprint density at radius 2 is 1.95 bits per heavy atom. The second kappa shape index (κ2) is 8.30. The second-order valence-corrected chi connectivity index (χ2v) is 7.60. The number of nitrogens with zero attached hydrogens (tertiary/aromatic N) is 1. The summed E-state index contributed by atoms with van der Waals surface area (Å²) in [6.07, 6.45) is 3.84. The summed E-state index contributed by atoms with van der Waals surface area (Å²) >= 11 is 3.51. The Kier molecular flexibility index (Phi) is 6.72.